The van der Waals surface area contributed by atoms with Gasteiger partial charge in [0.1, 0.15) is 11.6 Å². The lowest BCUT2D eigenvalue weighted by molar-refractivity contribution is 0.0745. The zero-order chi connectivity index (χ0) is 24.5. The minimum absolute atomic E-state index is 0.0542. The van der Waals surface area contributed by atoms with Gasteiger partial charge in [0.25, 0.3) is 5.91 Å². The average molecular weight is 533 g/mol. The van der Waals surface area contributed by atoms with Gasteiger partial charge in [0.15, 0.2) is 5.65 Å². The molecule has 1 amide bonds. The van der Waals surface area contributed by atoms with Crippen LogP contribution in [0.15, 0.2) is 59.1 Å². The molecule has 0 aliphatic carbocycles. The molecule has 180 valence electrons. The number of piperazine rings is 1. The molecule has 1 saturated heterocycles. The lowest BCUT2D eigenvalue weighted by atomic mass is 10.1. The van der Waals surface area contributed by atoms with Gasteiger partial charge < -0.3 is 9.80 Å². The number of aryl methyl sites for hydroxylation is 1. The zero-order valence-corrected chi connectivity index (χ0v) is 21.9. The van der Waals surface area contributed by atoms with E-state index in [0.29, 0.717) is 37.7 Å². The lowest BCUT2D eigenvalue weighted by Gasteiger charge is -2.36. The van der Waals surface area contributed by atoms with Crippen molar-refractivity contribution in [2.24, 2.45) is 5.92 Å². The molecule has 1 fully saturated rings. The van der Waals surface area contributed by atoms with Gasteiger partial charge in [-0.15, -0.1) is 0 Å². The Morgan fingerprint density at radius 2 is 1.66 bits per heavy atom. The smallest absolute Gasteiger partial charge is 0.255 e. The van der Waals surface area contributed by atoms with Crippen molar-refractivity contribution >= 4 is 38.7 Å². The maximum Gasteiger partial charge on any atom is 0.255 e. The van der Waals surface area contributed by atoms with E-state index in [9.17, 15) is 4.79 Å². The van der Waals surface area contributed by atoms with Crippen molar-refractivity contribution < 1.29 is 4.79 Å². The molecule has 2 aromatic heterocycles. The fraction of sp³-hybridized carbons (Fsp3) is 0.333. The number of hydrogen-bond donors (Lipinski definition) is 0. The summed E-state index contributed by atoms with van der Waals surface area (Å²) in [6, 6.07) is 17.7. The quantitative estimate of drug-likeness (QED) is 0.359. The molecule has 4 aromatic rings. The monoisotopic (exact) mass is 532 g/mol. The topological polar surface area (TPSA) is 67.2 Å². The molecule has 1 aliphatic rings. The fourth-order valence-electron chi connectivity index (χ4n) is 4.57. The third kappa shape index (κ3) is 4.67. The van der Waals surface area contributed by atoms with Gasteiger partial charge in [-0.05, 0) is 53.0 Å². The fourth-order valence-corrected chi connectivity index (χ4v) is 5.02. The van der Waals surface area contributed by atoms with Crippen LogP contribution in [0.5, 0.6) is 0 Å². The Hall–Kier alpha value is -3.26. The second-order valence-electron chi connectivity index (χ2n) is 9.35. The van der Waals surface area contributed by atoms with Crippen LogP contribution in [-0.4, -0.2) is 56.7 Å². The summed E-state index contributed by atoms with van der Waals surface area (Å²) in [5.74, 6) is 2.23. The van der Waals surface area contributed by atoms with Crippen LogP contribution >= 0.6 is 15.9 Å². The molecule has 8 heteroatoms. The number of rotatable bonds is 5. The molecular weight excluding hydrogens is 504 g/mol. The van der Waals surface area contributed by atoms with Crippen LogP contribution in [0.25, 0.3) is 16.7 Å². The van der Waals surface area contributed by atoms with Gasteiger partial charge in [-0.2, -0.15) is 5.10 Å². The predicted octanol–water partition coefficient (Wildman–Crippen LogP) is 5.05. The molecular formula is C27H29BrN6O. The molecule has 0 unspecified atom stereocenters. The normalized spacial score (nSPS) is 14.2. The number of amides is 1. The number of carbonyl (C=O) groups is 1. The summed E-state index contributed by atoms with van der Waals surface area (Å²) in [6.45, 7) is 9.06. The Labute approximate surface area is 213 Å². The Morgan fingerprint density at radius 1 is 0.971 bits per heavy atom. The van der Waals surface area contributed by atoms with Gasteiger partial charge >= 0.3 is 0 Å². The molecule has 0 atom stereocenters. The van der Waals surface area contributed by atoms with Crippen LogP contribution in [0.1, 0.15) is 35.7 Å². The zero-order valence-electron chi connectivity index (χ0n) is 20.3. The van der Waals surface area contributed by atoms with Crippen LogP contribution in [0, 0.1) is 12.8 Å². The van der Waals surface area contributed by atoms with E-state index in [1.165, 1.54) is 0 Å². The molecule has 0 saturated carbocycles. The molecule has 0 bridgehead atoms. The summed E-state index contributed by atoms with van der Waals surface area (Å²) >= 11 is 3.51. The van der Waals surface area contributed by atoms with Crippen molar-refractivity contribution in [3.63, 3.8) is 0 Å². The van der Waals surface area contributed by atoms with Gasteiger partial charge in [0, 0.05) is 37.1 Å². The Balaban J connectivity index is 1.49. The van der Waals surface area contributed by atoms with Crippen molar-refractivity contribution in [2.45, 2.75) is 27.2 Å². The highest BCUT2D eigenvalue weighted by molar-refractivity contribution is 9.10. The van der Waals surface area contributed by atoms with E-state index in [1.807, 2.05) is 71.1 Å². The van der Waals surface area contributed by atoms with E-state index in [-0.39, 0.29) is 5.91 Å². The van der Waals surface area contributed by atoms with E-state index in [0.717, 1.165) is 45.0 Å². The third-order valence-corrected chi connectivity index (χ3v) is 6.98. The molecule has 5 rings (SSSR count). The Bertz CT molecular complexity index is 1360. The first-order valence-electron chi connectivity index (χ1n) is 12.0. The van der Waals surface area contributed by atoms with Crippen molar-refractivity contribution in [2.75, 3.05) is 31.1 Å². The summed E-state index contributed by atoms with van der Waals surface area (Å²) in [5.41, 5.74) is 3.42. The molecule has 2 aromatic carbocycles. The summed E-state index contributed by atoms with van der Waals surface area (Å²) in [5, 5.41) is 5.82. The number of benzene rings is 2. The maximum atomic E-state index is 13.1. The van der Waals surface area contributed by atoms with Crippen LogP contribution in [0.2, 0.25) is 0 Å². The minimum Gasteiger partial charge on any atom is -0.352 e. The standard InChI is InChI=1S/C27H29BrN6O/c1-18(2)17-23-29-25(24-19(3)31-34(26(24)30-23)20-9-5-4-6-10-20)32-13-15-33(16-14-32)27(35)21-11-7-8-12-22(21)28/h4-12,18H,13-17H2,1-3H3. The highest BCUT2D eigenvalue weighted by Crippen LogP contribution is 2.30. The number of hydrogen-bond acceptors (Lipinski definition) is 5. The number of nitrogens with zero attached hydrogens (tertiary/aromatic N) is 6. The SMILES string of the molecule is Cc1nn(-c2ccccc2)c2nc(CC(C)C)nc(N3CCN(C(=O)c4ccccc4Br)CC3)c12. The van der Waals surface area contributed by atoms with Gasteiger partial charge in [0.05, 0.1) is 22.3 Å². The predicted molar refractivity (Wildman–Crippen MR) is 142 cm³/mol. The second-order valence-corrected chi connectivity index (χ2v) is 10.2. The van der Waals surface area contributed by atoms with Gasteiger partial charge in [0.2, 0.25) is 0 Å². The third-order valence-electron chi connectivity index (χ3n) is 6.29. The van der Waals surface area contributed by atoms with Crippen LogP contribution in [-0.2, 0) is 6.42 Å². The molecule has 0 radical (unpaired) electrons. The van der Waals surface area contributed by atoms with Crippen molar-refractivity contribution in [1.82, 2.24) is 24.6 Å². The number of para-hydroxylation sites is 1. The number of fused-ring (bicyclic) bond motifs is 1. The number of anilines is 1. The first-order valence-corrected chi connectivity index (χ1v) is 12.8. The average Bonchev–Trinajstić information content (AvgIpc) is 3.20. The minimum atomic E-state index is 0.0542. The highest BCUT2D eigenvalue weighted by atomic mass is 79.9. The van der Waals surface area contributed by atoms with Crippen molar-refractivity contribution in [3.8, 4) is 5.69 Å². The van der Waals surface area contributed by atoms with Crippen molar-refractivity contribution in [3.05, 3.63) is 76.2 Å². The van der Waals surface area contributed by atoms with Gasteiger partial charge in [-0.25, -0.2) is 14.6 Å². The van der Waals surface area contributed by atoms with Crippen molar-refractivity contribution in [1.29, 1.82) is 0 Å². The Kier molecular flexibility index (Phi) is 6.56. The maximum absolute atomic E-state index is 13.1. The first-order chi connectivity index (χ1) is 16.9. The lowest BCUT2D eigenvalue weighted by Crippen LogP contribution is -2.49. The number of carbonyl (C=O) groups excluding carboxylic acids is 1. The summed E-state index contributed by atoms with van der Waals surface area (Å²) in [4.78, 5) is 27.3. The molecule has 0 N–H and O–H groups in total. The van der Waals surface area contributed by atoms with E-state index >= 15 is 0 Å². The summed E-state index contributed by atoms with van der Waals surface area (Å²) < 4.78 is 2.75. The molecule has 7 nitrogen and oxygen atoms in total. The molecule has 35 heavy (non-hydrogen) atoms. The van der Waals surface area contributed by atoms with Gasteiger partial charge in [-0.1, -0.05) is 44.2 Å². The Morgan fingerprint density at radius 3 is 2.34 bits per heavy atom. The van der Waals surface area contributed by atoms with E-state index in [4.69, 9.17) is 15.1 Å². The summed E-state index contributed by atoms with van der Waals surface area (Å²) in [6.07, 6.45) is 0.794. The molecule has 3 heterocycles. The van der Waals surface area contributed by atoms with Crippen LogP contribution < -0.4 is 4.90 Å². The number of halogens is 1. The van der Waals surface area contributed by atoms with E-state index in [2.05, 4.69) is 34.7 Å². The largest absolute Gasteiger partial charge is 0.352 e. The number of aromatic nitrogens is 4. The highest BCUT2D eigenvalue weighted by Gasteiger charge is 2.27. The van der Waals surface area contributed by atoms with E-state index < -0.39 is 0 Å². The summed E-state index contributed by atoms with van der Waals surface area (Å²) in [7, 11) is 0. The van der Waals surface area contributed by atoms with E-state index in [1.54, 1.807) is 0 Å². The first kappa shape index (κ1) is 23.5. The van der Waals surface area contributed by atoms with Gasteiger partial charge in [-0.3, -0.25) is 4.79 Å². The second kappa shape index (κ2) is 9.77. The molecule has 0 spiro atoms. The molecule has 1 aliphatic heterocycles. The van der Waals surface area contributed by atoms with Crippen LogP contribution in [0.3, 0.4) is 0 Å². The van der Waals surface area contributed by atoms with Crippen LogP contribution in [0.4, 0.5) is 5.82 Å².